The lowest BCUT2D eigenvalue weighted by Gasteiger charge is -2.07. The van der Waals surface area contributed by atoms with Crippen LogP contribution in [0.3, 0.4) is 0 Å². The molecule has 1 N–H and O–H groups in total. The summed E-state index contributed by atoms with van der Waals surface area (Å²) >= 11 is 0. The fourth-order valence-electron chi connectivity index (χ4n) is 1.83. The van der Waals surface area contributed by atoms with Crippen molar-refractivity contribution in [3.63, 3.8) is 0 Å². The highest BCUT2D eigenvalue weighted by molar-refractivity contribution is 5.77. The molecule has 0 aliphatic carbocycles. The molecule has 0 aromatic carbocycles. The van der Waals surface area contributed by atoms with Gasteiger partial charge in [0.25, 0.3) is 0 Å². The number of carboxylic acid groups (broad SMARTS) is 1. The molecule has 0 aromatic heterocycles. The Morgan fingerprint density at radius 2 is 1.92 bits per heavy atom. The molecule has 1 saturated heterocycles. The summed E-state index contributed by atoms with van der Waals surface area (Å²) in [5.41, 5.74) is -0.310. The van der Waals surface area contributed by atoms with Crippen LogP contribution in [0.5, 0.6) is 0 Å². The van der Waals surface area contributed by atoms with Crippen LogP contribution in [0.25, 0.3) is 0 Å². The van der Waals surface area contributed by atoms with Gasteiger partial charge >= 0.3 is 5.97 Å². The molecule has 1 rings (SSSR count). The van der Waals surface area contributed by atoms with Crippen LogP contribution in [-0.2, 0) is 9.53 Å². The van der Waals surface area contributed by atoms with E-state index in [4.69, 9.17) is 9.84 Å². The number of aliphatic carboxylic acids is 1. The zero-order chi connectivity index (χ0) is 9.19. The SMILES string of the molecule is CCCC1(CCC)OC1C(=O)O. The van der Waals surface area contributed by atoms with Gasteiger partial charge in [-0.2, -0.15) is 0 Å². The van der Waals surface area contributed by atoms with Crippen molar-refractivity contribution in [1.82, 2.24) is 0 Å². The monoisotopic (exact) mass is 172 g/mol. The molecule has 0 bridgehead atoms. The van der Waals surface area contributed by atoms with Crippen LogP contribution in [0.15, 0.2) is 0 Å². The van der Waals surface area contributed by atoms with Gasteiger partial charge in [-0.25, -0.2) is 4.79 Å². The maximum absolute atomic E-state index is 10.6. The molecule has 0 aromatic rings. The van der Waals surface area contributed by atoms with E-state index in [1.54, 1.807) is 0 Å². The van der Waals surface area contributed by atoms with E-state index in [1.807, 2.05) is 0 Å². The number of hydrogen-bond acceptors (Lipinski definition) is 2. The highest BCUT2D eigenvalue weighted by Gasteiger charge is 2.59. The molecular formula is C9H16O3. The highest BCUT2D eigenvalue weighted by Crippen LogP contribution is 2.44. The van der Waals surface area contributed by atoms with Gasteiger partial charge in [0, 0.05) is 0 Å². The topological polar surface area (TPSA) is 49.8 Å². The lowest BCUT2D eigenvalue weighted by atomic mass is 9.94. The molecule has 3 heteroatoms. The molecule has 0 radical (unpaired) electrons. The summed E-state index contributed by atoms with van der Waals surface area (Å²) in [5.74, 6) is -0.808. The van der Waals surface area contributed by atoms with Crippen molar-refractivity contribution in [1.29, 1.82) is 0 Å². The summed E-state index contributed by atoms with van der Waals surface area (Å²) in [5, 5.41) is 8.72. The Hall–Kier alpha value is -0.570. The maximum atomic E-state index is 10.6. The van der Waals surface area contributed by atoms with Crippen molar-refractivity contribution >= 4 is 5.97 Å². The standard InChI is InChI=1S/C9H16O3/c1-3-5-9(6-4-2)7(12-9)8(10)11/h7H,3-6H2,1-2H3,(H,10,11). The molecule has 70 valence electrons. The lowest BCUT2D eigenvalue weighted by molar-refractivity contribution is -0.138. The first kappa shape index (κ1) is 9.52. The predicted octanol–water partition coefficient (Wildman–Crippen LogP) is 1.81. The zero-order valence-electron chi connectivity index (χ0n) is 7.67. The van der Waals surface area contributed by atoms with Crippen molar-refractivity contribution < 1.29 is 14.6 Å². The van der Waals surface area contributed by atoms with Crippen molar-refractivity contribution in [2.75, 3.05) is 0 Å². The van der Waals surface area contributed by atoms with Crippen molar-refractivity contribution in [2.24, 2.45) is 0 Å². The molecule has 1 unspecified atom stereocenters. The Bertz CT molecular complexity index is 171. The van der Waals surface area contributed by atoms with E-state index < -0.39 is 12.1 Å². The minimum Gasteiger partial charge on any atom is -0.479 e. The molecule has 1 aliphatic rings. The van der Waals surface area contributed by atoms with Crippen LogP contribution < -0.4 is 0 Å². The summed E-state index contributed by atoms with van der Waals surface area (Å²) < 4.78 is 5.25. The minimum atomic E-state index is -0.808. The fourth-order valence-corrected chi connectivity index (χ4v) is 1.83. The molecular weight excluding hydrogens is 156 g/mol. The number of rotatable bonds is 5. The smallest absolute Gasteiger partial charge is 0.335 e. The summed E-state index contributed by atoms with van der Waals surface area (Å²) in [6, 6.07) is 0. The average Bonchev–Trinajstić information content (AvgIpc) is 2.65. The third kappa shape index (κ3) is 1.61. The molecule has 1 atom stereocenters. The Kier molecular flexibility index (Phi) is 2.73. The number of ether oxygens (including phenoxy) is 1. The zero-order valence-corrected chi connectivity index (χ0v) is 7.67. The van der Waals surface area contributed by atoms with Gasteiger partial charge in [0.15, 0.2) is 6.10 Å². The van der Waals surface area contributed by atoms with E-state index in [1.165, 1.54) is 0 Å². The second-order valence-corrected chi connectivity index (χ2v) is 3.40. The number of carbonyl (C=O) groups is 1. The Morgan fingerprint density at radius 3 is 2.17 bits per heavy atom. The van der Waals surface area contributed by atoms with Crippen molar-refractivity contribution in [3.05, 3.63) is 0 Å². The molecule has 1 fully saturated rings. The summed E-state index contributed by atoms with van der Waals surface area (Å²) in [4.78, 5) is 10.6. The molecule has 1 aliphatic heterocycles. The lowest BCUT2D eigenvalue weighted by Crippen LogP contribution is -2.20. The first-order chi connectivity index (χ1) is 5.66. The summed E-state index contributed by atoms with van der Waals surface area (Å²) in [7, 11) is 0. The first-order valence-electron chi connectivity index (χ1n) is 4.57. The molecule has 0 saturated carbocycles. The molecule has 3 nitrogen and oxygen atoms in total. The van der Waals surface area contributed by atoms with Crippen LogP contribution in [0, 0.1) is 0 Å². The average molecular weight is 172 g/mol. The van der Waals surface area contributed by atoms with Gasteiger partial charge in [0.2, 0.25) is 0 Å². The van der Waals surface area contributed by atoms with E-state index in [-0.39, 0.29) is 5.60 Å². The molecule has 0 amide bonds. The van der Waals surface area contributed by atoms with Crippen LogP contribution >= 0.6 is 0 Å². The minimum absolute atomic E-state index is 0.310. The van der Waals surface area contributed by atoms with Crippen molar-refractivity contribution in [3.8, 4) is 0 Å². The van der Waals surface area contributed by atoms with E-state index >= 15 is 0 Å². The van der Waals surface area contributed by atoms with Gasteiger partial charge in [0.1, 0.15) is 5.60 Å². The summed E-state index contributed by atoms with van der Waals surface area (Å²) in [6.07, 6.45) is 3.20. The third-order valence-corrected chi connectivity index (χ3v) is 2.34. The quantitative estimate of drug-likeness (QED) is 0.643. The number of carboxylic acids is 1. The van der Waals surface area contributed by atoms with Gasteiger partial charge in [-0.1, -0.05) is 26.7 Å². The Labute approximate surface area is 72.7 Å². The normalized spacial score (nSPS) is 25.3. The van der Waals surface area contributed by atoms with Gasteiger partial charge in [-0.3, -0.25) is 0 Å². The second kappa shape index (κ2) is 3.44. The first-order valence-corrected chi connectivity index (χ1v) is 4.57. The van der Waals surface area contributed by atoms with E-state index in [0.29, 0.717) is 0 Å². The van der Waals surface area contributed by atoms with Crippen molar-refractivity contribution in [2.45, 2.75) is 51.2 Å². The molecule has 0 spiro atoms. The van der Waals surface area contributed by atoms with Crippen LogP contribution in [0.1, 0.15) is 39.5 Å². The van der Waals surface area contributed by atoms with Gasteiger partial charge in [-0.05, 0) is 12.8 Å². The number of hydrogen-bond donors (Lipinski definition) is 1. The Morgan fingerprint density at radius 1 is 1.42 bits per heavy atom. The summed E-state index contributed by atoms with van der Waals surface area (Å²) in [6.45, 7) is 4.11. The van der Waals surface area contributed by atoms with Gasteiger partial charge in [-0.15, -0.1) is 0 Å². The maximum Gasteiger partial charge on any atom is 0.335 e. The molecule has 1 heterocycles. The second-order valence-electron chi connectivity index (χ2n) is 3.40. The highest BCUT2D eigenvalue weighted by atomic mass is 16.6. The van der Waals surface area contributed by atoms with Crippen LogP contribution in [0.4, 0.5) is 0 Å². The van der Waals surface area contributed by atoms with E-state index in [0.717, 1.165) is 25.7 Å². The van der Waals surface area contributed by atoms with Gasteiger partial charge in [0.05, 0.1) is 0 Å². The van der Waals surface area contributed by atoms with E-state index in [2.05, 4.69) is 13.8 Å². The van der Waals surface area contributed by atoms with Crippen LogP contribution in [-0.4, -0.2) is 22.8 Å². The predicted molar refractivity (Wildman–Crippen MR) is 45.1 cm³/mol. The molecule has 12 heavy (non-hydrogen) atoms. The van der Waals surface area contributed by atoms with Crippen LogP contribution in [0.2, 0.25) is 0 Å². The fraction of sp³-hybridized carbons (Fsp3) is 0.889. The number of epoxide rings is 1. The Balaban J connectivity index is 2.49. The largest absolute Gasteiger partial charge is 0.479 e. The van der Waals surface area contributed by atoms with Gasteiger partial charge < -0.3 is 9.84 Å². The van der Waals surface area contributed by atoms with E-state index in [9.17, 15) is 4.79 Å². The third-order valence-electron chi connectivity index (χ3n) is 2.34.